The highest BCUT2D eigenvalue weighted by molar-refractivity contribution is 5.85. The Balaban J connectivity index is 1.72. The molecule has 154 valence electrons. The summed E-state index contributed by atoms with van der Waals surface area (Å²) in [6, 6.07) is 18.0. The summed E-state index contributed by atoms with van der Waals surface area (Å²) >= 11 is 0. The van der Waals surface area contributed by atoms with Gasteiger partial charge >= 0.3 is 0 Å². The van der Waals surface area contributed by atoms with Crippen LogP contribution in [0.2, 0.25) is 0 Å². The van der Waals surface area contributed by atoms with Gasteiger partial charge in [0.15, 0.2) is 5.82 Å². The van der Waals surface area contributed by atoms with Crippen LogP contribution in [-0.4, -0.2) is 57.7 Å². The second kappa shape index (κ2) is 7.36. The second-order valence-corrected chi connectivity index (χ2v) is 7.88. The van der Waals surface area contributed by atoms with Gasteiger partial charge in [0.1, 0.15) is 18.0 Å². The van der Waals surface area contributed by atoms with E-state index in [0.717, 1.165) is 33.3 Å². The fourth-order valence-corrected chi connectivity index (χ4v) is 4.06. The Morgan fingerprint density at radius 2 is 1.90 bits per heavy atom. The van der Waals surface area contributed by atoms with Gasteiger partial charge in [-0.05, 0) is 30.3 Å². The number of pyridine rings is 1. The van der Waals surface area contributed by atoms with Crippen LogP contribution in [0.15, 0.2) is 54.6 Å². The summed E-state index contributed by atoms with van der Waals surface area (Å²) in [5.74, 6) is 0.683. The van der Waals surface area contributed by atoms with Crippen molar-refractivity contribution in [1.82, 2.24) is 14.5 Å². The first-order valence-electron chi connectivity index (χ1n) is 10.0. The standard InChI is InChI=1S/C23H24N4O3/c1-26(2)15-8-10-17-19(11-15)27(22-12-20(29)21(13-28)30-22)23(25-17)18-9-7-14-5-3-4-6-16(14)24-18/h3-11,20-22,28-29H,12-13H2,1-2H3/t20-,21+,22-/m0/s1. The van der Waals surface area contributed by atoms with Crippen molar-refractivity contribution in [3.63, 3.8) is 0 Å². The molecule has 2 aromatic carbocycles. The molecule has 1 aliphatic rings. The first-order valence-corrected chi connectivity index (χ1v) is 10.0. The molecule has 1 aliphatic heterocycles. The molecule has 2 aromatic heterocycles. The van der Waals surface area contributed by atoms with Crippen LogP contribution in [0.5, 0.6) is 0 Å². The monoisotopic (exact) mass is 404 g/mol. The van der Waals surface area contributed by atoms with Crippen LogP contribution in [0.3, 0.4) is 0 Å². The lowest BCUT2D eigenvalue weighted by Crippen LogP contribution is -2.24. The molecule has 0 bridgehead atoms. The molecule has 7 heteroatoms. The van der Waals surface area contributed by atoms with E-state index in [9.17, 15) is 10.2 Å². The molecule has 3 heterocycles. The zero-order valence-electron chi connectivity index (χ0n) is 16.9. The number of hydrogen-bond donors (Lipinski definition) is 2. The second-order valence-electron chi connectivity index (χ2n) is 7.88. The van der Waals surface area contributed by atoms with Crippen LogP contribution >= 0.6 is 0 Å². The molecule has 4 aromatic rings. The lowest BCUT2D eigenvalue weighted by Gasteiger charge is -2.18. The van der Waals surface area contributed by atoms with Gasteiger partial charge < -0.3 is 19.8 Å². The summed E-state index contributed by atoms with van der Waals surface area (Å²) in [5, 5.41) is 21.0. The van der Waals surface area contributed by atoms with Crippen molar-refractivity contribution in [2.75, 3.05) is 25.6 Å². The normalized spacial score (nSPS) is 21.5. The molecule has 0 unspecified atom stereocenters. The minimum atomic E-state index is -0.730. The molecule has 0 radical (unpaired) electrons. The summed E-state index contributed by atoms with van der Waals surface area (Å²) in [5.41, 5.74) is 4.40. The molecule has 0 spiro atoms. The predicted molar refractivity (Wildman–Crippen MR) is 116 cm³/mol. The lowest BCUT2D eigenvalue weighted by atomic mass is 10.2. The quantitative estimate of drug-likeness (QED) is 0.544. The third-order valence-corrected chi connectivity index (χ3v) is 5.69. The maximum absolute atomic E-state index is 10.3. The van der Waals surface area contributed by atoms with Crippen LogP contribution in [0.1, 0.15) is 12.6 Å². The van der Waals surface area contributed by atoms with Gasteiger partial charge in [0.05, 0.1) is 29.3 Å². The summed E-state index contributed by atoms with van der Waals surface area (Å²) in [6.45, 7) is -0.225. The Morgan fingerprint density at radius 1 is 1.07 bits per heavy atom. The van der Waals surface area contributed by atoms with E-state index in [1.54, 1.807) is 0 Å². The van der Waals surface area contributed by atoms with Crippen LogP contribution < -0.4 is 4.90 Å². The first kappa shape index (κ1) is 19.0. The smallest absolute Gasteiger partial charge is 0.161 e. The molecule has 0 aliphatic carbocycles. The van der Waals surface area contributed by atoms with E-state index in [0.29, 0.717) is 12.2 Å². The first-order chi connectivity index (χ1) is 14.5. The maximum atomic E-state index is 10.3. The predicted octanol–water partition coefficient (Wildman–Crippen LogP) is 2.96. The van der Waals surface area contributed by atoms with Crippen molar-refractivity contribution >= 4 is 27.6 Å². The number of imidazole rings is 1. The number of rotatable bonds is 4. The van der Waals surface area contributed by atoms with Crippen molar-refractivity contribution in [1.29, 1.82) is 0 Å². The maximum Gasteiger partial charge on any atom is 0.161 e. The highest BCUT2D eigenvalue weighted by atomic mass is 16.5. The van der Waals surface area contributed by atoms with E-state index in [1.165, 1.54) is 0 Å². The molecule has 30 heavy (non-hydrogen) atoms. The topological polar surface area (TPSA) is 83.6 Å². The minimum Gasteiger partial charge on any atom is -0.394 e. The number of anilines is 1. The van der Waals surface area contributed by atoms with Crippen LogP contribution in [0, 0.1) is 0 Å². The van der Waals surface area contributed by atoms with E-state index in [-0.39, 0.29) is 6.61 Å². The average molecular weight is 404 g/mol. The van der Waals surface area contributed by atoms with Gasteiger partial charge in [-0.3, -0.25) is 4.57 Å². The minimum absolute atomic E-state index is 0.225. The van der Waals surface area contributed by atoms with Gasteiger partial charge in [-0.1, -0.05) is 24.3 Å². The van der Waals surface area contributed by atoms with Crippen LogP contribution in [0.25, 0.3) is 33.5 Å². The van der Waals surface area contributed by atoms with Crippen LogP contribution in [0.4, 0.5) is 5.69 Å². The molecule has 0 saturated carbocycles. The van der Waals surface area contributed by atoms with Crippen molar-refractivity contribution in [3.05, 3.63) is 54.6 Å². The molecule has 7 nitrogen and oxygen atoms in total. The number of nitrogens with zero attached hydrogens (tertiary/aromatic N) is 4. The zero-order valence-corrected chi connectivity index (χ0v) is 16.9. The highest BCUT2D eigenvalue weighted by Crippen LogP contribution is 2.37. The van der Waals surface area contributed by atoms with Crippen molar-refractivity contribution < 1.29 is 14.9 Å². The third-order valence-electron chi connectivity index (χ3n) is 5.69. The van der Waals surface area contributed by atoms with Crippen molar-refractivity contribution in [2.24, 2.45) is 0 Å². The number of para-hydroxylation sites is 1. The van der Waals surface area contributed by atoms with Gasteiger partial charge in [-0.25, -0.2) is 9.97 Å². The molecular formula is C23H24N4O3. The van der Waals surface area contributed by atoms with Crippen LogP contribution in [-0.2, 0) is 4.74 Å². The number of aliphatic hydroxyl groups excluding tert-OH is 2. The molecule has 5 rings (SSSR count). The van der Waals surface area contributed by atoms with E-state index < -0.39 is 18.4 Å². The number of ether oxygens (including phenoxy) is 1. The number of benzene rings is 2. The van der Waals surface area contributed by atoms with Crippen molar-refractivity contribution in [3.8, 4) is 11.5 Å². The molecule has 0 amide bonds. The van der Waals surface area contributed by atoms with E-state index in [2.05, 4.69) is 6.07 Å². The molecule has 2 N–H and O–H groups in total. The molecule has 1 saturated heterocycles. The van der Waals surface area contributed by atoms with Gasteiger partial charge in [-0.15, -0.1) is 0 Å². The fraction of sp³-hybridized carbons (Fsp3) is 0.304. The summed E-state index contributed by atoms with van der Waals surface area (Å²) in [6.07, 6.45) is -1.40. The van der Waals surface area contributed by atoms with Gasteiger partial charge in [-0.2, -0.15) is 0 Å². The number of aromatic nitrogens is 3. The number of hydrogen-bond acceptors (Lipinski definition) is 6. The summed E-state index contributed by atoms with van der Waals surface area (Å²) < 4.78 is 8.01. The molecule has 3 atom stereocenters. The fourth-order valence-electron chi connectivity index (χ4n) is 4.06. The number of fused-ring (bicyclic) bond motifs is 2. The summed E-state index contributed by atoms with van der Waals surface area (Å²) in [7, 11) is 3.98. The SMILES string of the molecule is CN(C)c1ccc2nc(-c3ccc4ccccc4n3)n([C@@H]3C[C@H](O)[C@@H](CO)O3)c2c1. The van der Waals surface area contributed by atoms with E-state index >= 15 is 0 Å². The number of aliphatic hydroxyl groups is 2. The Bertz CT molecular complexity index is 1220. The highest BCUT2D eigenvalue weighted by Gasteiger charge is 2.36. The largest absolute Gasteiger partial charge is 0.394 e. The summed E-state index contributed by atoms with van der Waals surface area (Å²) in [4.78, 5) is 11.7. The Morgan fingerprint density at radius 3 is 2.67 bits per heavy atom. The lowest BCUT2D eigenvalue weighted by molar-refractivity contribution is -0.0425. The molecular weight excluding hydrogens is 380 g/mol. The van der Waals surface area contributed by atoms with Gasteiger partial charge in [0.25, 0.3) is 0 Å². The Kier molecular flexibility index (Phi) is 4.66. The van der Waals surface area contributed by atoms with E-state index in [4.69, 9.17) is 14.7 Å². The average Bonchev–Trinajstić information content (AvgIpc) is 3.32. The van der Waals surface area contributed by atoms with Gasteiger partial charge in [0.2, 0.25) is 0 Å². The van der Waals surface area contributed by atoms with Gasteiger partial charge in [0, 0.05) is 31.6 Å². The third kappa shape index (κ3) is 3.11. The molecule has 1 fully saturated rings. The zero-order chi connectivity index (χ0) is 20.8. The Hall–Kier alpha value is -3.00. The van der Waals surface area contributed by atoms with Crippen molar-refractivity contribution in [2.45, 2.75) is 24.9 Å². The van der Waals surface area contributed by atoms with E-state index in [1.807, 2.05) is 72.1 Å². The Labute approximate surface area is 174 Å².